The average molecular weight is 451 g/mol. The molecule has 0 saturated heterocycles. The number of ether oxygens (including phenoxy) is 1. The molecule has 172 valence electrons. The molecule has 2 amide bonds. The van der Waals surface area contributed by atoms with Gasteiger partial charge in [0.1, 0.15) is 11.7 Å². The van der Waals surface area contributed by atoms with E-state index in [1.165, 1.54) is 12.1 Å². The van der Waals surface area contributed by atoms with Gasteiger partial charge in [-0.05, 0) is 56.2 Å². The molecule has 7 nitrogen and oxygen atoms in total. The van der Waals surface area contributed by atoms with Crippen molar-refractivity contribution in [1.82, 2.24) is 15.2 Å². The van der Waals surface area contributed by atoms with Gasteiger partial charge in [-0.25, -0.2) is 9.18 Å². The fraction of sp³-hybridized carbons (Fsp3) is 0.240. The largest absolute Gasteiger partial charge is 0.449 e. The van der Waals surface area contributed by atoms with Crippen LogP contribution in [0, 0.1) is 25.1 Å². The molecule has 8 heteroatoms. The van der Waals surface area contributed by atoms with Gasteiger partial charge < -0.3 is 14.6 Å². The third-order valence-corrected chi connectivity index (χ3v) is 5.12. The first-order chi connectivity index (χ1) is 15.8. The first-order valence-corrected chi connectivity index (χ1v) is 10.6. The Morgan fingerprint density at radius 1 is 1.06 bits per heavy atom. The summed E-state index contributed by atoms with van der Waals surface area (Å²) in [7, 11) is 0. The number of amidine groups is 1. The van der Waals surface area contributed by atoms with Gasteiger partial charge in [0.25, 0.3) is 5.91 Å². The Labute approximate surface area is 192 Å². The summed E-state index contributed by atoms with van der Waals surface area (Å²) in [4.78, 5) is 24.4. The van der Waals surface area contributed by atoms with Crippen LogP contribution in [0.25, 0.3) is 5.69 Å². The Morgan fingerprint density at radius 3 is 2.36 bits per heavy atom. The van der Waals surface area contributed by atoms with Crippen LogP contribution in [0.1, 0.15) is 46.2 Å². The molecular weight excluding hydrogens is 423 g/mol. The molecular formula is C25H27FN4O3. The molecule has 2 aromatic carbocycles. The number of benzene rings is 2. The summed E-state index contributed by atoms with van der Waals surface area (Å²) in [5.41, 5.74) is 4.35. The molecule has 1 heterocycles. The number of nitrogens with one attached hydrogen (secondary N) is 3. The second-order valence-corrected chi connectivity index (χ2v) is 7.61. The lowest BCUT2D eigenvalue weighted by molar-refractivity contribution is 0.0950. The summed E-state index contributed by atoms with van der Waals surface area (Å²) in [5, 5.41) is 13.3. The molecule has 0 aliphatic carbocycles. The summed E-state index contributed by atoms with van der Waals surface area (Å²) in [5.74, 6) is -0.582. The van der Waals surface area contributed by atoms with Gasteiger partial charge in [0.05, 0.1) is 12.2 Å². The highest BCUT2D eigenvalue weighted by Crippen LogP contribution is 2.21. The van der Waals surface area contributed by atoms with Crippen LogP contribution in [0.15, 0.2) is 54.6 Å². The molecule has 0 spiro atoms. The summed E-state index contributed by atoms with van der Waals surface area (Å²) >= 11 is 0. The van der Waals surface area contributed by atoms with E-state index >= 15 is 0 Å². The van der Waals surface area contributed by atoms with E-state index in [-0.39, 0.29) is 17.6 Å². The zero-order chi connectivity index (χ0) is 24.0. The first kappa shape index (κ1) is 23.7. The summed E-state index contributed by atoms with van der Waals surface area (Å²) in [6.45, 7) is 6.24. The highest BCUT2D eigenvalue weighted by atomic mass is 19.1. The van der Waals surface area contributed by atoms with Crippen molar-refractivity contribution < 1.29 is 18.7 Å². The Kier molecular flexibility index (Phi) is 7.61. The van der Waals surface area contributed by atoms with Gasteiger partial charge in [-0.3, -0.25) is 15.5 Å². The van der Waals surface area contributed by atoms with Crippen molar-refractivity contribution in [3.8, 4) is 5.69 Å². The quantitative estimate of drug-likeness (QED) is 0.362. The number of amides is 2. The Morgan fingerprint density at radius 2 is 1.73 bits per heavy atom. The molecule has 33 heavy (non-hydrogen) atoms. The van der Waals surface area contributed by atoms with Gasteiger partial charge in [-0.2, -0.15) is 0 Å². The number of halogens is 1. The van der Waals surface area contributed by atoms with Crippen molar-refractivity contribution in [3.63, 3.8) is 0 Å². The van der Waals surface area contributed by atoms with E-state index in [0.717, 1.165) is 22.6 Å². The Balaban J connectivity index is 1.62. The molecule has 3 N–H and O–H groups in total. The van der Waals surface area contributed by atoms with Gasteiger partial charge in [-0.15, -0.1) is 0 Å². The van der Waals surface area contributed by atoms with Crippen molar-refractivity contribution in [2.45, 2.75) is 33.7 Å². The van der Waals surface area contributed by atoms with Gasteiger partial charge in [0.2, 0.25) is 0 Å². The maximum atomic E-state index is 13.3. The van der Waals surface area contributed by atoms with Gasteiger partial charge in [0, 0.05) is 29.2 Å². The molecule has 0 bridgehead atoms. The van der Waals surface area contributed by atoms with E-state index in [9.17, 15) is 14.0 Å². The zero-order valence-electron chi connectivity index (χ0n) is 18.9. The van der Waals surface area contributed by atoms with Crippen LogP contribution >= 0.6 is 0 Å². The number of carbonyl (C=O) groups is 2. The Hall–Kier alpha value is -3.94. The zero-order valence-corrected chi connectivity index (χ0v) is 18.9. The number of alkyl carbamates (subject to hydrolysis) is 1. The van der Waals surface area contributed by atoms with E-state index in [4.69, 9.17) is 10.1 Å². The topological polar surface area (TPSA) is 96.2 Å². The van der Waals surface area contributed by atoms with E-state index in [1.54, 1.807) is 36.4 Å². The molecule has 0 atom stereocenters. The van der Waals surface area contributed by atoms with Crippen LogP contribution < -0.4 is 10.6 Å². The molecule has 0 fully saturated rings. The van der Waals surface area contributed by atoms with Crippen molar-refractivity contribution in [2.24, 2.45) is 0 Å². The van der Waals surface area contributed by atoms with Crippen LogP contribution in [0.2, 0.25) is 0 Å². The van der Waals surface area contributed by atoms with Crippen molar-refractivity contribution in [2.75, 3.05) is 6.61 Å². The van der Waals surface area contributed by atoms with Crippen LogP contribution in [-0.4, -0.2) is 29.0 Å². The fourth-order valence-corrected chi connectivity index (χ4v) is 3.45. The predicted octanol–water partition coefficient (Wildman–Crippen LogP) is 4.62. The van der Waals surface area contributed by atoms with Crippen LogP contribution in [-0.2, 0) is 11.3 Å². The maximum Gasteiger partial charge on any atom is 0.412 e. The lowest BCUT2D eigenvalue weighted by Crippen LogP contribution is -2.31. The second kappa shape index (κ2) is 10.6. The number of aryl methyl sites for hydroxylation is 1. The summed E-state index contributed by atoms with van der Waals surface area (Å²) in [6.07, 6.45) is 0.0495. The lowest BCUT2D eigenvalue weighted by Gasteiger charge is -2.11. The van der Waals surface area contributed by atoms with Crippen LogP contribution in [0.5, 0.6) is 0 Å². The standard InChI is InChI=1S/C25H27FN4O3/c1-4-13-33-25(32)29-23(27)19-7-5-18(6-8-19)15-28-24(31)22-14-16(2)30(17(22)3)21-11-9-20(26)10-12-21/h5-12,14H,4,13,15H2,1-3H3,(H,28,31)(H2,27,29,32). The second-order valence-electron chi connectivity index (χ2n) is 7.61. The van der Waals surface area contributed by atoms with E-state index in [1.807, 2.05) is 31.4 Å². The molecule has 0 aliphatic heterocycles. The smallest absolute Gasteiger partial charge is 0.412 e. The van der Waals surface area contributed by atoms with Gasteiger partial charge in [-0.1, -0.05) is 31.2 Å². The SMILES string of the molecule is CCCOC(=O)NC(=N)c1ccc(CNC(=O)c2cc(C)n(-c3ccc(F)cc3)c2C)cc1. The van der Waals surface area contributed by atoms with Crippen LogP contribution in [0.4, 0.5) is 9.18 Å². The van der Waals surface area contributed by atoms with Crippen molar-refractivity contribution in [3.05, 3.63) is 88.5 Å². The van der Waals surface area contributed by atoms with Crippen molar-refractivity contribution in [1.29, 1.82) is 5.41 Å². The first-order valence-electron chi connectivity index (χ1n) is 10.6. The molecule has 3 rings (SSSR count). The average Bonchev–Trinajstić information content (AvgIpc) is 3.11. The molecule has 0 aliphatic rings. The lowest BCUT2D eigenvalue weighted by atomic mass is 10.1. The highest BCUT2D eigenvalue weighted by Gasteiger charge is 2.16. The minimum atomic E-state index is -0.656. The molecule has 3 aromatic rings. The maximum absolute atomic E-state index is 13.3. The fourth-order valence-electron chi connectivity index (χ4n) is 3.45. The number of nitrogens with zero attached hydrogens (tertiary/aromatic N) is 1. The number of rotatable bonds is 7. The van der Waals surface area contributed by atoms with E-state index in [2.05, 4.69) is 10.6 Å². The van der Waals surface area contributed by atoms with Crippen molar-refractivity contribution >= 4 is 17.8 Å². The number of carbonyl (C=O) groups excluding carboxylic acids is 2. The number of hydrogen-bond acceptors (Lipinski definition) is 4. The third kappa shape index (κ3) is 5.85. The van der Waals surface area contributed by atoms with Crippen LogP contribution in [0.3, 0.4) is 0 Å². The number of aromatic nitrogens is 1. The molecule has 1 aromatic heterocycles. The minimum Gasteiger partial charge on any atom is -0.449 e. The van der Waals surface area contributed by atoms with Gasteiger partial charge in [0.15, 0.2) is 0 Å². The number of hydrogen-bond donors (Lipinski definition) is 3. The van der Waals surface area contributed by atoms with E-state index < -0.39 is 6.09 Å². The van der Waals surface area contributed by atoms with Gasteiger partial charge >= 0.3 is 6.09 Å². The van der Waals surface area contributed by atoms with E-state index in [0.29, 0.717) is 30.7 Å². The molecule has 0 unspecified atom stereocenters. The normalized spacial score (nSPS) is 10.5. The molecule has 0 radical (unpaired) electrons. The summed E-state index contributed by atoms with van der Waals surface area (Å²) in [6, 6.07) is 14.9. The monoisotopic (exact) mass is 450 g/mol. The Bertz CT molecular complexity index is 1150. The predicted molar refractivity (Wildman–Crippen MR) is 124 cm³/mol. The molecule has 0 saturated carbocycles. The minimum absolute atomic E-state index is 0.0556. The highest BCUT2D eigenvalue weighted by molar-refractivity contribution is 6.04. The summed E-state index contributed by atoms with van der Waals surface area (Å²) < 4.78 is 20.1. The third-order valence-electron chi connectivity index (χ3n) is 5.12.